The average Bonchev–Trinajstić information content (AvgIpc) is 2.71. The van der Waals surface area contributed by atoms with Gasteiger partial charge < -0.3 is 5.32 Å². The van der Waals surface area contributed by atoms with Gasteiger partial charge in [-0.15, -0.1) is 0 Å². The molecule has 7 heteroatoms. The van der Waals surface area contributed by atoms with E-state index >= 15 is 0 Å². The second-order valence-corrected chi connectivity index (χ2v) is 3.66. The quantitative estimate of drug-likeness (QED) is 0.806. The van der Waals surface area contributed by atoms with Gasteiger partial charge in [0, 0.05) is 13.2 Å². The monoisotopic (exact) mass is 302 g/mol. The van der Waals surface area contributed by atoms with Crippen molar-refractivity contribution in [2.45, 2.75) is 0 Å². The second-order valence-electron chi connectivity index (χ2n) is 2.50. The van der Waals surface area contributed by atoms with E-state index in [2.05, 4.69) is 53.3 Å². The largest absolute Gasteiger partial charge is 0.372 e. The second kappa shape index (κ2) is 3.86. The first-order valence-electron chi connectivity index (χ1n) is 3.87. The Bertz CT molecular complexity index is 426. The summed E-state index contributed by atoms with van der Waals surface area (Å²) in [6, 6.07) is 0. The Morgan fingerprint density at radius 2 is 2.29 bits per heavy atom. The molecule has 2 heterocycles. The lowest BCUT2D eigenvalue weighted by Crippen LogP contribution is -1.99. The first-order chi connectivity index (χ1) is 6.81. The molecule has 2 aromatic rings. The molecule has 0 aliphatic rings. The van der Waals surface area contributed by atoms with Gasteiger partial charge in [0.25, 0.3) is 0 Å². The van der Waals surface area contributed by atoms with E-state index in [4.69, 9.17) is 0 Å². The maximum atomic E-state index is 4.28. The van der Waals surface area contributed by atoms with Crippen LogP contribution in [-0.2, 0) is 0 Å². The van der Waals surface area contributed by atoms with E-state index in [1.54, 1.807) is 12.4 Å². The summed E-state index contributed by atoms with van der Waals surface area (Å²) in [5.74, 6) is 1.35. The summed E-state index contributed by atoms with van der Waals surface area (Å²) in [6.07, 6.45) is 3.32. The highest BCUT2D eigenvalue weighted by atomic mass is 127. The number of nitrogens with one attached hydrogen (secondary N) is 2. The van der Waals surface area contributed by atoms with Crippen LogP contribution in [0.4, 0.5) is 5.82 Å². The van der Waals surface area contributed by atoms with Crippen LogP contribution in [0.1, 0.15) is 0 Å². The van der Waals surface area contributed by atoms with Crippen molar-refractivity contribution in [2.24, 2.45) is 0 Å². The van der Waals surface area contributed by atoms with Crippen LogP contribution in [0.15, 0.2) is 12.4 Å². The number of anilines is 1. The van der Waals surface area contributed by atoms with Crippen molar-refractivity contribution in [3.05, 3.63) is 16.0 Å². The third-order valence-electron chi connectivity index (χ3n) is 1.63. The molecule has 0 radical (unpaired) electrons. The highest BCUT2D eigenvalue weighted by Crippen LogP contribution is 2.17. The molecule has 14 heavy (non-hydrogen) atoms. The van der Waals surface area contributed by atoms with E-state index in [1.807, 2.05) is 7.05 Å². The SMILES string of the molecule is CNc1nc(-c2cn[nH]n2)ncc1I. The van der Waals surface area contributed by atoms with E-state index < -0.39 is 0 Å². The lowest BCUT2D eigenvalue weighted by atomic mass is 10.4. The summed E-state index contributed by atoms with van der Waals surface area (Å²) in [5, 5.41) is 13.1. The molecule has 0 fully saturated rings. The molecular formula is C7H7IN6. The number of hydrogen-bond acceptors (Lipinski definition) is 5. The summed E-state index contributed by atoms with van der Waals surface area (Å²) in [7, 11) is 1.82. The molecule has 0 bridgehead atoms. The fraction of sp³-hybridized carbons (Fsp3) is 0.143. The van der Waals surface area contributed by atoms with Crippen molar-refractivity contribution in [1.82, 2.24) is 25.4 Å². The predicted octanol–water partition coefficient (Wildman–Crippen LogP) is 0.908. The molecule has 0 spiro atoms. The predicted molar refractivity (Wildman–Crippen MR) is 59.7 cm³/mol. The summed E-state index contributed by atoms with van der Waals surface area (Å²) < 4.78 is 0.970. The number of hydrogen-bond donors (Lipinski definition) is 2. The van der Waals surface area contributed by atoms with Gasteiger partial charge in [-0.2, -0.15) is 15.4 Å². The van der Waals surface area contributed by atoms with Gasteiger partial charge in [-0.25, -0.2) is 9.97 Å². The number of rotatable bonds is 2. The normalized spacial score (nSPS) is 10.1. The van der Waals surface area contributed by atoms with Crippen molar-refractivity contribution < 1.29 is 0 Å². The van der Waals surface area contributed by atoms with Crippen LogP contribution in [0.25, 0.3) is 11.5 Å². The Morgan fingerprint density at radius 3 is 2.93 bits per heavy atom. The van der Waals surface area contributed by atoms with E-state index in [9.17, 15) is 0 Å². The lowest BCUT2D eigenvalue weighted by Gasteiger charge is -2.02. The third-order valence-corrected chi connectivity index (χ3v) is 2.41. The Labute approximate surface area is 93.7 Å². The number of aromatic amines is 1. The van der Waals surface area contributed by atoms with E-state index in [1.165, 1.54) is 0 Å². The minimum absolute atomic E-state index is 0.559. The number of halogens is 1. The van der Waals surface area contributed by atoms with Crippen LogP contribution >= 0.6 is 22.6 Å². The number of H-pyrrole nitrogens is 1. The van der Waals surface area contributed by atoms with Gasteiger partial charge in [-0.3, -0.25) is 0 Å². The van der Waals surface area contributed by atoms with Crippen LogP contribution in [0.5, 0.6) is 0 Å². The van der Waals surface area contributed by atoms with E-state index in [0.717, 1.165) is 9.39 Å². The highest BCUT2D eigenvalue weighted by molar-refractivity contribution is 14.1. The topological polar surface area (TPSA) is 79.4 Å². The smallest absolute Gasteiger partial charge is 0.183 e. The molecule has 2 N–H and O–H groups in total. The average molecular weight is 302 g/mol. The molecule has 0 amide bonds. The van der Waals surface area contributed by atoms with Crippen molar-refractivity contribution in [1.29, 1.82) is 0 Å². The van der Waals surface area contributed by atoms with Crippen molar-refractivity contribution in [3.8, 4) is 11.5 Å². The molecule has 0 aliphatic carbocycles. The van der Waals surface area contributed by atoms with Crippen LogP contribution in [0.2, 0.25) is 0 Å². The molecule has 6 nitrogen and oxygen atoms in total. The molecular weight excluding hydrogens is 295 g/mol. The molecule has 72 valence electrons. The van der Waals surface area contributed by atoms with Gasteiger partial charge in [0.05, 0.1) is 9.77 Å². The summed E-state index contributed by atoms with van der Waals surface area (Å²) in [4.78, 5) is 8.43. The minimum atomic E-state index is 0.559. The highest BCUT2D eigenvalue weighted by Gasteiger charge is 2.07. The Balaban J connectivity index is 2.46. The van der Waals surface area contributed by atoms with Crippen molar-refractivity contribution >= 4 is 28.4 Å². The third kappa shape index (κ3) is 1.67. The standard InChI is InChI=1S/C7H7IN6/c1-9-6-4(8)2-10-7(12-6)5-3-11-14-13-5/h2-3H,1H3,(H,9,10,12)(H,11,13,14). The number of nitrogens with zero attached hydrogens (tertiary/aromatic N) is 4. The lowest BCUT2D eigenvalue weighted by molar-refractivity contribution is 0.938. The Morgan fingerprint density at radius 1 is 1.43 bits per heavy atom. The van der Waals surface area contributed by atoms with Gasteiger partial charge in [0.1, 0.15) is 11.5 Å². The minimum Gasteiger partial charge on any atom is -0.372 e. The van der Waals surface area contributed by atoms with Gasteiger partial charge in [-0.05, 0) is 22.6 Å². The molecule has 2 aromatic heterocycles. The molecule has 0 saturated carbocycles. The van der Waals surface area contributed by atoms with Gasteiger partial charge in [0.15, 0.2) is 5.82 Å². The Kier molecular flexibility index (Phi) is 2.57. The van der Waals surface area contributed by atoms with Crippen molar-refractivity contribution in [3.63, 3.8) is 0 Å². The number of aromatic nitrogens is 5. The van der Waals surface area contributed by atoms with Crippen LogP contribution in [-0.4, -0.2) is 32.4 Å². The van der Waals surface area contributed by atoms with Gasteiger partial charge in [0.2, 0.25) is 0 Å². The zero-order chi connectivity index (χ0) is 9.97. The molecule has 0 unspecified atom stereocenters. The van der Waals surface area contributed by atoms with Gasteiger partial charge in [-0.1, -0.05) is 0 Å². The first-order valence-corrected chi connectivity index (χ1v) is 4.95. The fourth-order valence-corrected chi connectivity index (χ4v) is 1.50. The van der Waals surface area contributed by atoms with Gasteiger partial charge >= 0.3 is 0 Å². The maximum absolute atomic E-state index is 4.28. The van der Waals surface area contributed by atoms with Crippen LogP contribution in [0, 0.1) is 3.57 Å². The summed E-state index contributed by atoms with van der Waals surface area (Å²) >= 11 is 2.16. The molecule has 0 aliphatic heterocycles. The first kappa shape index (κ1) is 9.31. The molecule has 0 atom stereocenters. The Hall–Kier alpha value is -1.25. The van der Waals surface area contributed by atoms with E-state index in [0.29, 0.717) is 11.5 Å². The zero-order valence-electron chi connectivity index (χ0n) is 7.32. The molecule has 2 rings (SSSR count). The maximum Gasteiger partial charge on any atom is 0.183 e. The van der Waals surface area contributed by atoms with Crippen LogP contribution < -0.4 is 5.32 Å². The molecule has 0 aromatic carbocycles. The van der Waals surface area contributed by atoms with Crippen molar-refractivity contribution in [2.75, 3.05) is 12.4 Å². The summed E-state index contributed by atoms with van der Waals surface area (Å²) in [5.41, 5.74) is 0.637. The van der Waals surface area contributed by atoms with E-state index in [-0.39, 0.29) is 0 Å². The molecule has 0 saturated heterocycles. The van der Waals surface area contributed by atoms with Crippen LogP contribution in [0.3, 0.4) is 0 Å². The zero-order valence-corrected chi connectivity index (χ0v) is 9.48. The fourth-order valence-electron chi connectivity index (χ4n) is 0.975. The summed E-state index contributed by atoms with van der Waals surface area (Å²) in [6.45, 7) is 0.